The third kappa shape index (κ3) is 6.91. The quantitative estimate of drug-likeness (QED) is 0.172. The van der Waals surface area contributed by atoms with Gasteiger partial charge in [-0.05, 0) is 65.4 Å². The number of carboxylic acids is 1. The van der Waals surface area contributed by atoms with Crippen LogP contribution in [-0.2, 0) is 22.4 Å². The molecule has 0 aliphatic heterocycles. The van der Waals surface area contributed by atoms with Gasteiger partial charge in [-0.25, -0.2) is 4.98 Å². The molecule has 0 saturated heterocycles. The molecule has 0 bridgehead atoms. The number of aliphatic carboxylic acids is 1. The fourth-order valence-corrected chi connectivity index (χ4v) is 4.93. The van der Waals surface area contributed by atoms with Crippen molar-refractivity contribution in [3.8, 4) is 28.3 Å². The Bertz CT molecular complexity index is 1580. The number of carbonyl (C=O) groups is 1. The standard InChI is InChI=1S/C35H33NO5/c1-24-32(36-35(41-24)29-11-7-4-8-12-29)21-22-40-30-19-17-27(18-20-33(37)38)31(23-30)34(39-2)28-15-13-26(14-16-28)25-9-5-3-6-10-25/h3-17,19,23,34H,18,20-22H2,1-2H3,(H,37,38). The molecule has 208 valence electrons. The first-order valence-corrected chi connectivity index (χ1v) is 13.7. The highest BCUT2D eigenvalue weighted by atomic mass is 16.5. The first-order valence-electron chi connectivity index (χ1n) is 13.7. The first kappa shape index (κ1) is 27.9. The average molecular weight is 548 g/mol. The van der Waals surface area contributed by atoms with Gasteiger partial charge in [0.05, 0.1) is 12.3 Å². The normalized spacial score (nSPS) is 11.8. The molecule has 0 aliphatic carbocycles. The molecule has 0 fully saturated rings. The van der Waals surface area contributed by atoms with Crippen LogP contribution in [0.1, 0.15) is 40.7 Å². The van der Waals surface area contributed by atoms with Crippen molar-refractivity contribution in [1.82, 2.24) is 4.98 Å². The maximum Gasteiger partial charge on any atom is 0.303 e. The van der Waals surface area contributed by atoms with E-state index in [4.69, 9.17) is 13.9 Å². The Balaban J connectivity index is 1.34. The lowest BCUT2D eigenvalue weighted by Crippen LogP contribution is -2.10. The molecule has 0 spiro atoms. The molecular formula is C35H33NO5. The Morgan fingerprint density at radius 1 is 0.854 bits per heavy atom. The fourth-order valence-electron chi connectivity index (χ4n) is 4.93. The Hall–Kier alpha value is -4.68. The van der Waals surface area contributed by atoms with Crippen LogP contribution in [0.3, 0.4) is 0 Å². The van der Waals surface area contributed by atoms with Crippen LogP contribution in [0.15, 0.2) is 108 Å². The Kier molecular flexibility index (Phi) is 8.92. The number of hydrogen-bond donors (Lipinski definition) is 1. The lowest BCUT2D eigenvalue weighted by Gasteiger charge is -2.21. The van der Waals surface area contributed by atoms with Gasteiger partial charge < -0.3 is 19.0 Å². The largest absolute Gasteiger partial charge is 0.493 e. The van der Waals surface area contributed by atoms with E-state index in [-0.39, 0.29) is 12.5 Å². The SMILES string of the molecule is COC(c1ccc(-c2ccccc2)cc1)c1cc(OCCc2nc(-c3ccccc3)oc2C)ccc1CCC(=O)O. The fraction of sp³-hybridized carbons (Fsp3) is 0.200. The number of rotatable bonds is 12. The van der Waals surface area contributed by atoms with Gasteiger partial charge in [-0.15, -0.1) is 0 Å². The summed E-state index contributed by atoms with van der Waals surface area (Å²) in [7, 11) is 1.67. The molecule has 0 radical (unpaired) electrons. The van der Waals surface area contributed by atoms with E-state index in [1.54, 1.807) is 7.11 Å². The van der Waals surface area contributed by atoms with Crippen LogP contribution in [0.25, 0.3) is 22.6 Å². The lowest BCUT2D eigenvalue weighted by atomic mass is 9.93. The summed E-state index contributed by atoms with van der Waals surface area (Å²) in [5.41, 5.74) is 6.84. The van der Waals surface area contributed by atoms with Gasteiger partial charge in [0.25, 0.3) is 0 Å². The molecule has 1 atom stereocenters. The second kappa shape index (κ2) is 13.1. The first-order chi connectivity index (χ1) is 20.0. The Labute approximate surface area is 240 Å². The van der Waals surface area contributed by atoms with E-state index in [9.17, 15) is 9.90 Å². The molecule has 1 aromatic heterocycles. The highest BCUT2D eigenvalue weighted by molar-refractivity contribution is 5.67. The molecule has 1 heterocycles. The van der Waals surface area contributed by atoms with Crippen molar-refractivity contribution in [2.45, 2.75) is 32.3 Å². The van der Waals surface area contributed by atoms with Crippen molar-refractivity contribution >= 4 is 5.97 Å². The van der Waals surface area contributed by atoms with Crippen LogP contribution in [-0.4, -0.2) is 29.8 Å². The van der Waals surface area contributed by atoms with Gasteiger partial charge in [-0.3, -0.25) is 4.79 Å². The van der Waals surface area contributed by atoms with Gasteiger partial charge in [0, 0.05) is 25.5 Å². The van der Waals surface area contributed by atoms with Gasteiger partial charge in [0.15, 0.2) is 0 Å². The molecule has 5 aromatic rings. The Morgan fingerprint density at radius 2 is 1.51 bits per heavy atom. The van der Waals surface area contributed by atoms with E-state index < -0.39 is 5.97 Å². The maximum absolute atomic E-state index is 11.4. The molecule has 0 saturated carbocycles. The second-order valence-electron chi connectivity index (χ2n) is 9.84. The highest BCUT2D eigenvalue weighted by Crippen LogP contribution is 2.33. The zero-order valence-electron chi connectivity index (χ0n) is 23.2. The topological polar surface area (TPSA) is 81.8 Å². The molecule has 1 N–H and O–H groups in total. The van der Waals surface area contributed by atoms with E-state index >= 15 is 0 Å². The smallest absolute Gasteiger partial charge is 0.303 e. The summed E-state index contributed by atoms with van der Waals surface area (Å²) in [6, 6.07) is 34.1. The minimum Gasteiger partial charge on any atom is -0.493 e. The molecule has 4 aromatic carbocycles. The van der Waals surface area contributed by atoms with Crippen LogP contribution in [0.5, 0.6) is 5.75 Å². The highest BCUT2D eigenvalue weighted by Gasteiger charge is 2.19. The third-order valence-electron chi connectivity index (χ3n) is 7.09. The number of carboxylic acid groups (broad SMARTS) is 1. The number of aryl methyl sites for hydroxylation is 2. The van der Waals surface area contributed by atoms with Crippen molar-refractivity contribution in [1.29, 1.82) is 0 Å². The minimum atomic E-state index is -0.838. The van der Waals surface area contributed by atoms with Crippen LogP contribution < -0.4 is 4.74 Å². The van der Waals surface area contributed by atoms with E-state index in [2.05, 4.69) is 41.4 Å². The average Bonchev–Trinajstić information content (AvgIpc) is 3.38. The lowest BCUT2D eigenvalue weighted by molar-refractivity contribution is -0.136. The summed E-state index contributed by atoms with van der Waals surface area (Å²) in [5.74, 6) is 1.22. The summed E-state index contributed by atoms with van der Waals surface area (Å²) >= 11 is 0. The minimum absolute atomic E-state index is 0.0335. The maximum atomic E-state index is 11.4. The number of hydrogen-bond acceptors (Lipinski definition) is 5. The summed E-state index contributed by atoms with van der Waals surface area (Å²) in [6.45, 7) is 2.33. The number of oxazole rings is 1. The summed E-state index contributed by atoms with van der Waals surface area (Å²) in [5, 5.41) is 9.32. The zero-order valence-corrected chi connectivity index (χ0v) is 23.2. The van der Waals surface area contributed by atoms with Crippen molar-refractivity contribution < 1.29 is 23.8 Å². The molecule has 0 amide bonds. The predicted octanol–water partition coefficient (Wildman–Crippen LogP) is 7.69. The predicted molar refractivity (Wildman–Crippen MR) is 159 cm³/mol. The molecule has 5 rings (SSSR count). The second-order valence-corrected chi connectivity index (χ2v) is 9.84. The molecular weight excluding hydrogens is 514 g/mol. The Morgan fingerprint density at radius 3 is 2.17 bits per heavy atom. The molecule has 41 heavy (non-hydrogen) atoms. The number of nitrogens with zero attached hydrogens (tertiary/aromatic N) is 1. The number of ether oxygens (including phenoxy) is 2. The van der Waals surface area contributed by atoms with Gasteiger partial charge in [-0.1, -0.05) is 78.9 Å². The summed E-state index contributed by atoms with van der Waals surface area (Å²) in [6.07, 6.45) is 0.643. The number of benzene rings is 4. The third-order valence-corrected chi connectivity index (χ3v) is 7.09. The van der Waals surface area contributed by atoms with E-state index in [0.29, 0.717) is 31.1 Å². The van der Waals surface area contributed by atoms with E-state index in [0.717, 1.165) is 44.8 Å². The molecule has 6 nitrogen and oxygen atoms in total. The van der Waals surface area contributed by atoms with E-state index in [1.165, 1.54) is 0 Å². The molecule has 1 unspecified atom stereocenters. The van der Waals surface area contributed by atoms with Gasteiger partial charge in [0.1, 0.15) is 17.6 Å². The van der Waals surface area contributed by atoms with Gasteiger partial charge >= 0.3 is 5.97 Å². The van der Waals surface area contributed by atoms with Crippen LogP contribution in [0.4, 0.5) is 0 Å². The van der Waals surface area contributed by atoms with Crippen LogP contribution in [0, 0.1) is 6.92 Å². The van der Waals surface area contributed by atoms with Gasteiger partial charge in [-0.2, -0.15) is 0 Å². The summed E-state index contributed by atoms with van der Waals surface area (Å²) < 4.78 is 18.0. The van der Waals surface area contributed by atoms with Crippen LogP contribution >= 0.6 is 0 Å². The molecule has 6 heteroatoms. The monoisotopic (exact) mass is 547 g/mol. The number of methoxy groups -OCH3 is 1. The van der Waals surface area contributed by atoms with E-state index in [1.807, 2.05) is 73.7 Å². The van der Waals surface area contributed by atoms with Crippen molar-refractivity contribution in [3.05, 3.63) is 131 Å². The van der Waals surface area contributed by atoms with Crippen molar-refractivity contribution in [2.75, 3.05) is 13.7 Å². The van der Waals surface area contributed by atoms with Crippen molar-refractivity contribution in [3.63, 3.8) is 0 Å². The van der Waals surface area contributed by atoms with Crippen molar-refractivity contribution in [2.24, 2.45) is 0 Å². The zero-order chi connectivity index (χ0) is 28.6. The molecule has 0 aliphatic rings. The number of aromatic nitrogens is 1. The van der Waals surface area contributed by atoms with Gasteiger partial charge in [0.2, 0.25) is 5.89 Å². The summed E-state index contributed by atoms with van der Waals surface area (Å²) in [4.78, 5) is 16.0. The van der Waals surface area contributed by atoms with Crippen LogP contribution in [0.2, 0.25) is 0 Å².